The minimum absolute atomic E-state index is 0.0287. The van der Waals surface area contributed by atoms with E-state index < -0.39 is 0 Å². The smallest absolute Gasteiger partial charge is 0.224 e. The lowest BCUT2D eigenvalue weighted by atomic mass is 10.1. The van der Waals surface area contributed by atoms with Crippen LogP contribution in [-0.2, 0) is 17.8 Å². The van der Waals surface area contributed by atoms with Gasteiger partial charge in [-0.2, -0.15) is 0 Å². The second kappa shape index (κ2) is 5.49. The summed E-state index contributed by atoms with van der Waals surface area (Å²) >= 11 is 0. The van der Waals surface area contributed by atoms with Crippen LogP contribution < -0.4 is 5.32 Å². The molecular formula is C14H17N3O. The second-order valence-electron chi connectivity index (χ2n) is 4.42. The van der Waals surface area contributed by atoms with Gasteiger partial charge in [0.15, 0.2) is 0 Å². The quantitative estimate of drug-likeness (QED) is 0.861. The molecule has 0 fully saturated rings. The van der Waals surface area contributed by atoms with E-state index >= 15 is 0 Å². The molecule has 2 N–H and O–H groups in total. The summed E-state index contributed by atoms with van der Waals surface area (Å²) in [6.45, 7) is 4.50. The first-order chi connectivity index (χ1) is 8.65. The number of carbonyl (C=O) groups is 1. The number of aromatic amines is 1. The van der Waals surface area contributed by atoms with Crippen molar-refractivity contribution < 1.29 is 4.79 Å². The average Bonchev–Trinajstić information content (AvgIpc) is 2.67. The molecule has 94 valence electrons. The second-order valence-corrected chi connectivity index (χ2v) is 4.42. The fourth-order valence-corrected chi connectivity index (χ4v) is 1.90. The molecule has 0 atom stereocenters. The summed E-state index contributed by atoms with van der Waals surface area (Å²) in [5, 5.41) is 2.89. The zero-order valence-electron chi connectivity index (χ0n) is 10.7. The maximum absolute atomic E-state index is 11.8. The van der Waals surface area contributed by atoms with Gasteiger partial charge in [0.05, 0.1) is 6.42 Å². The van der Waals surface area contributed by atoms with Gasteiger partial charge in [-0.3, -0.25) is 9.78 Å². The van der Waals surface area contributed by atoms with Crippen molar-refractivity contribution in [1.29, 1.82) is 0 Å². The maximum Gasteiger partial charge on any atom is 0.224 e. The van der Waals surface area contributed by atoms with Gasteiger partial charge < -0.3 is 10.3 Å². The first-order valence-corrected chi connectivity index (χ1v) is 5.96. The maximum atomic E-state index is 11.8. The van der Waals surface area contributed by atoms with Gasteiger partial charge in [-0.15, -0.1) is 0 Å². The highest BCUT2D eigenvalue weighted by Crippen LogP contribution is 2.09. The van der Waals surface area contributed by atoms with Crippen LogP contribution in [-0.4, -0.2) is 15.9 Å². The number of rotatable bonds is 4. The van der Waals surface area contributed by atoms with Crippen molar-refractivity contribution >= 4 is 5.91 Å². The van der Waals surface area contributed by atoms with E-state index in [9.17, 15) is 4.79 Å². The fraction of sp³-hybridized carbons (Fsp3) is 0.286. The molecule has 4 nitrogen and oxygen atoms in total. The Morgan fingerprint density at radius 2 is 2.28 bits per heavy atom. The standard InChI is InChI=1S/C14H17N3O/c1-10-6-13(11(2)17-10)7-14(18)16-9-12-4-3-5-15-8-12/h3-6,8,17H,7,9H2,1-2H3,(H,16,18). The Bertz CT molecular complexity index is 531. The van der Waals surface area contributed by atoms with Crippen molar-refractivity contribution in [3.05, 3.63) is 53.1 Å². The fourth-order valence-electron chi connectivity index (χ4n) is 1.90. The molecule has 18 heavy (non-hydrogen) atoms. The molecule has 2 aromatic rings. The van der Waals surface area contributed by atoms with Crippen LogP contribution >= 0.6 is 0 Å². The molecule has 0 aliphatic rings. The summed E-state index contributed by atoms with van der Waals surface area (Å²) in [6, 6.07) is 5.82. The van der Waals surface area contributed by atoms with Crippen LogP contribution in [0.1, 0.15) is 22.5 Å². The Morgan fingerprint density at radius 1 is 1.44 bits per heavy atom. The summed E-state index contributed by atoms with van der Waals surface area (Å²) in [4.78, 5) is 19.0. The highest BCUT2D eigenvalue weighted by molar-refractivity contribution is 5.78. The van der Waals surface area contributed by atoms with Gasteiger partial charge >= 0.3 is 0 Å². The Hall–Kier alpha value is -2.10. The number of carbonyl (C=O) groups excluding carboxylic acids is 1. The van der Waals surface area contributed by atoms with Crippen LogP contribution in [0.25, 0.3) is 0 Å². The minimum Gasteiger partial charge on any atom is -0.362 e. The van der Waals surface area contributed by atoms with Gasteiger partial charge in [0.1, 0.15) is 0 Å². The Morgan fingerprint density at radius 3 is 2.89 bits per heavy atom. The number of pyridine rings is 1. The monoisotopic (exact) mass is 243 g/mol. The SMILES string of the molecule is Cc1cc(CC(=O)NCc2cccnc2)c(C)[nH]1. The van der Waals surface area contributed by atoms with Gasteiger partial charge in [-0.25, -0.2) is 0 Å². The summed E-state index contributed by atoms with van der Waals surface area (Å²) < 4.78 is 0. The number of aromatic nitrogens is 2. The Labute approximate surface area is 106 Å². The molecule has 0 saturated heterocycles. The van der Waals surface area contributed by atoms with E-state index in [-0.39, 0.29) is 5.91 Å². The number of aryl methyl sites for hydroxylation is 2. The van der Waals surface area contributed by atoms with Crippen molar-refractivity contribution in [2.45, 2.75) is 26.8 Å². The molecule has 0 saturated carbocycles. The van der Waals surface area contributed by atoms with Crippen LogP contribution in [0.5, 0.6) is 0 Å². The van der Waals surface area contributed by atoms with Crippen LogP contribution in [0.2, 0.25) is 0 Å². The van der Waals surface area contributed by atoms with Gasteiger partial charge in [0, 0.05) is 30.3 Å². The van der Waals surface area contributed by atoms with Crippen molar-refractivity contribution in [1.82, 2.24) is 15.3 Å². The summed E-state index contributed by atoms with van der Waals surface area (Å²) in [5.41, 5.74) is 4.20. The third kappa shape index (κ3) is 3.20. The lowest BCUT2D eigenvalue weighted by Gasteiger charge is -2.04. The third-order valence-electron chi connectivity index (χ3n) is 2.82. The molecule has 0 aliphatic heterocycles. The van der Waals surface area contributed by atoms with Gasteiger partial charge in [-0.1, -0.05) is 6.07 Å². The van der Waals surface area contributed by atoms with Crippen LogP contribution in [0.4, 0.5) is 0 Å². The lowest BCUT2D eigenvalue weighted by Crippen LogP contribution is -2.24. The molecule has 2 aromatic heterocycles. The molecule has 2 heterocycles. The number of nitrogens with zero attached hydrogens (tertiary/aromatic N) is 1. The molecule has 1 amide bonds. The number of amides is 1. The van der Waals surface area contributed by atoms with Crippen molar-refractivity contribution in [3.63, 3.8) is 0 Å². The number of hydrogen-bond donors (Lipinski definition) is 2. The van der Waals surface area contributed by atoms with Crippen molar-refractivity contribution in [3.8, 4) is 0 Å². The molecule has 2 rings (SSSR count). The zero-order valence-corrected chi connectivity index (χ0v) is 10.7. The molecule has 4 heteroatoms. The zero-order chi connectivity index (χ0) is 13.0. The van der Waals surface area contributed by atoms with Crippen LogP contribution in [0, 0.1) is 13.8 Å². The van der Waals surface area contributed by atoms with Crippen molar-refractivity contribution in [2.24, 2.45) is 0 Å². The predicted octanol–water partition coefficient (Wildman–Crippen LogP) is 1.89. The summed E-state index contributed by atoms with van der Waals surface area (Å²) in [7, 11) is 0. The Balaban J connectivity index is 1.88. The normalized spacial score (nSPS) is 10.3. The third-order valence-corrected chi connectivity index (χ3v) is 2.82. The van der Waals surface area contributed by atoms with E-state index in [1.54, 1.807) is 12.4 Å². The van der Waals surface area contributed by atoms with Crippen LogP contribution in [0.15, 0.2) is 30.6 Å². The van der Waals surface area contributed by atoms with E-state index in [1.807, 2.05) is 32.0 Å². The van der Waals surface area contributed by atoms with Crippen molar-refractivity contribution in [2.75, 3.05) is 0 Å². The summed E-state index contributed by atoms with van der Waals surface area (Å²) in [6.07, 6.45) is 3.89. The Kier molecular flexibility index (Phi) is 3.77. The largest absolute Gasteiger partial charge is 0.362 e. The van der Waals surface area contributed by atoms with E-state index in [2.05, 4.69) is 15.3 Å². The minimum atomic E-state index is 0.0287. The van der Waals surface area contributed by atoms with E-state index in [4.69, 9.17) is 0 Å². The first-order valence-electron chi connectivity index (χ1n) is 5.96. The predicted molar refractivity (Wildman–Crippen MR) is 70.1 cm³/mol. The molecule has 0 bridgehead atoms. The number of nitrogens with one attached hydrogen (secondary N) is 2. The van der Waals surface area contributed by atoms with Gasteiger partial charge in [0.2, 0.25) is 5.91 Å². The number of H-pyrrole nitrogens is 1. The number of hydrogen-bond acceptors (Lipinski definition) is 2. The lowest BCUT2D eigenvalue weighted by molar-refractivity contribution is -0.120. The molecular weight excluding hydrogens is 226 g/mol. The van der Waals surface area contributed by atoms with E-state index in [0.717, 1.165) is 22.5 Å². The highest BCUT2D eigenvalue weighted by Gasteiger charge is 2.07. The van der Waals surface area contributed by atoms with Gasteiger partial charge in [0.25, 0.3) is 0 Å². The van der Waals surface area contributed by atoms with Gasteiger partial charge in [-0.05, 0) is 37.1 Å². The summed E-state index contributed by atoms with van der Waals surface area (Å²) in [5.74, 6) is 0.0287. The molecule has 0 radical (unpaired) electrons. The topological polar surface area (TPSA) is 57.8 Å². The van der Waals surface area contributed by atoms with E-state index in [1.165, 1.54) is 0 Å². The molecule has 0 unspecified atom stereocenters. The highest BCUT2D eigenvalue weighted by atomic mass is 16.1. The van der Waals surface area contributed by atoms with Crippen LogP contribution in [0.3, 0.4) is 0 Å². The average molecular weight is 243 g/mol. The molecule has 0 aromatic carbocycles. The molecule has 0 spiro atoms. The van der Waals surface area contributed by atoms with E-state index in [0.29, 0.717) is 13.0 Å². The molecule has 0 aliphatic carbocycles. The first kappa shape index (κ1) is 12.4.